The number of benzene rings is 1. The summed E-state index contributed by atoms with van der Waals surface area (Å²) in [5.74, 6) is 0.764. The van der Waals surface area contributed by atoms with Crippen molar-refractivity contribution in [1.82, 2.24) is 4.90 Å². The first kappa shape index (κ1) is 13.3. The molecule has 18 heavy (non-hydrogen) atoms. The van der Waals surface area contributed by atoms with E-state index in [0.29, 0.717) is 4.99 Å². The average molecular weight is 263 g/mol. The van der Waals surface area contributed by atoms with Crippen LogP contribution in [0.15, 0.2) is 24.3 Å². The summed E-state index contributed by atoms with van der Waals surface area (Å²) in [6, 6.07) is 8.03. The summed E-state index contributed by atoms with van der Waals surface area (Å²) in [7, 11) is 0. The summed E-state index contributed by atoms with van der Waals surface area (Å²) in [4.78, 5) is 2.96. The molecule has 1 unspecified atom stereocenters. The molecule has 1 atom stereocenters. The van der Waals surface area contributed by atoms with Gasteiger partial charge in [0.1, 0.15) is 4.99 Å². The molecule has 1 aromatic rings. The monoisotopic (exact) mass is 263 g/mol. The number of rotatable bonds is 5. The van der Waals surface area contributed by atoms with Gasteiger partial charge < -0.3 is 16.0 Å². The van der Waals surface area contributed by atoms with Crippen molar-refractivity contribution in [2.24, 2.45) is 11.7 Å². The van der Waals surface area contributed by atoms with E-state index >= 15 is 0 Å². The Morgan fingerprint density at radius 1 is 1.44 bits per heavy atom. The van der Waals surface area contributed by atoms with Crippen LogP contribution in [0.25, 0.3) is 0 Å². The first-order valence-corrected chi connectivity index (χ1v) is 6.96. The van der Waals surface area contributed by atoms with Gasteiger partial charge in [-0.1, -0.05) is 19.1 Å². The quantitative estimate of drug-likeness (QED) is 0.798. The second-order valence-electron chi connectivity index (χ2n) is 4.87. The molecule has 0 bridgehead atoms. The maximum Gasteiger partial charge on any atom is 0.103 e. The van der Waals surface area contributed by atoms with Crippen molar-refractivity contribution in [3.8, 4) is 0 Å². The minimum absolute atomic E-state index is 0.455. The molecule has 1 heterocycles. The smallest absolute Gasteiger partial charge is 0.103 e. The van der Waals surface area contributed by atoms with Crippen LogP contribution >= 0.6 is 12.2 Å². The Bertz CT molecular complexity index is 402. The van der Waals surface area contributed by atoms with Crippen LogP contribution in [0.2, 0.25) is 0 Å². The van der Waals surface area contributed by atoms with E-state index in [1.165, 1.54) is 26.1 Å². The normalized spacial score (nSPS) is 19.9. The molecule has 1 aliphatic rings. The molecule has 98 valence electrons. The lowest BCUT2D eigenvalue weighted by Crippen LogP contribution is -2.22. The molecule has 0 spiro atoms. The molecule has 0 radical (unpaired) electrons. The van der Waals surface area contributed by atoms with Gasteiger partial charge >= 0.3 is 0 Å². The third-order valence-electron chi connectivity index (χ3n) is 3.58. The lowest BCUT2D eigenvalue weighted by Gasteiger charge is -2.14. The van der Waals surface area contributed by atoms with Gasteiger partial charge in [-0.3, -0.25) is 0 Å². The molecule has 0 aliphatic carbocycles. The van der Waals surface area contributed by atoms with E-state index in [1.54, 1.807) is 0 Å². The van der Waals surface area contributed by atoms with Crippen LogP contribution in [-0.2, 0) is 0 Å². The van der Waals surface area contributed by atoms with E-state index in [2.05, 4.69) is 17.1 Å². The molecular formula is C14H21N3S. The van der Waals surface area contributed by atoms with Crippen LogP contribution in [0.3, 0.4) is 0 Å². The fourth-order valence-electron chi connectivity index (χ4n) is 2.38. The van der Waals surface area contributed by atoms with Gasteiger partial charge in [0, 0.05) is 24.3 Å². The van der Waals surface area contributed by atoms with E-state index in [4.69, 9.17) is 18.0 Å². The number of nitrogens with one attached hydrogen (secondary N) is 1. The van der Waals surface area contributed by atoms with Gasteiger partial charge in [-0.15, -0.1) is 0 Å². The SMILES string of the molecule is CCN1CCC(CNc2ccc(C(N)=S)cc2)C1. The van der Waals surface area contributed by atoms with Crippen molar-refractivity contribution < 1.29 is 0 Å². The molecule has 3 nitrogen and oxygen atoms in total. The van der Waals surface area contributed by atoms with Crippen LogP contribution in [0.5, 0.6) is 0 Å². The van der Waals surface area contributed by atoms with Gasteiger partial charge in [-0.25, -0.2) is 0 Å². The number of anilines is 1. The predicted molar refractivity (Wildman–Crippen MR) is 81.0 cm³/mol. The molecule has 0 aromatic heterocycles. The van der Waals surface area contributed by atoms with E-state index in [0.717, 1.165) is 23.7 Å². The Morgan fingerprint density at radius 3 is 2.72 bits per heavy atom. The van der Waals surface area contributed by atoms with E-state index in [1.807, 2.05) is 24.3 Å². The predicted octanol–water partition coefficient (Wildman–Crippen LogP) is 2.07. The lowest BCUT2D eigenvalue weighted by atomic mass is 10.1. The topological polar surface area (TPSA) is 41.3 Å². The zero-order chi connectivity index (χ0) is 13.0. The van der Waals surface area contributed by atoms with Crippen molar-refractivity contribution in [2.45, 2.75) is 13.3 Å². The Balaban J connectivity index is 1.82. The van der Waals surface area contributed by atoms with Gasteiger partial charge in [-0.05, 0) is 49.7 Å². The number of nitrogens with zero attached hydrogens (tertiary/aromatic N) is 1. The maximum atomic E-state index is 5.57. The Kier molecular flexibility index (Phi) is 4.55. The van der Waals surface area contributed by atoms with E-state index in [9.17, 15) is 0 Å². The molecule has 1 aliphatic heterocycles. The lowest BCUT2D eigenvalue weighted by molar-refractivity contribution is 0.345. The van der Waals surface area contributed by atoms with Gasteiger partial charge in [-0.2, -0.15) is 0 Å². The fourth-order valence-corrected chi connectivity index (χ4v) is 2.52. The Labute approximate surface area is 114 Å². The minimum atomic E-state index is 0.455. The summed E-state index contributed by atoms with van der Waals surface area (Å²) >= 11 is 4.94. The number of nitrogens with two attached hydrogens (primary N) is 1. The summed E-state index contributed by atoms with van der Waals surface area (Å²) < 4.78 is 0. The van der Waals surface area contributed by atoms with E-state index < -0.39 is 0 Å². The Hall–Kier alpha value is -1.13. The molecule has 1 aromatic carbocycles. The average Bonchev–Trinajstić information content (AvgIpc) is 2.85. The summed E-state index contributed by atoms with van der Waals surface area (Å²) in [5.41, 5.74) is 7.64. The van der Waals surface area contributed by atoms with Crippen molar-refractivity contribution >= 4 is 22.9 Å². The van der Waals surface area contributed by atoms with Gasteiger partial charge in [0.25, 0.3) is 0 Å². The van der Waals surface area contributed by atoms with Gasteiger partial charge in [0.15, 0.2) is 0 Å². The van der Waals surface area contributed by atoms with Gasteiger partial charge in [0.05, 0.1) is 0 Å². The van der Waals surface area contributed by atoms with E-state index in [-0.39, 0.29) is 0 Å². The largest absolute Gasteiger partial charge is 0.389 e. The molecule has 0 saturated carbocycles. The molecule has 1 saturated heterocycles. The number of thiocarbonyl (C=S) groups is 1. The van der Waals surface area contributed by atoms with Crippen molar-refractivity contribution in [3.05, 3.63) is 29.8 Å². The van der Waals surface area contributed by atoms with Crippen molar-refractivity contribution in [1.29, 1.82) is 0 Å². The zero-order valence-corrected chi connectivity index (χ0v) is 11.7. The van der Waals surface area contributed by atoms with Crippen molar-refractivity contribution in [3.63, 3.8) is 0 Å². The maximum absolute atomic E-state index is 5.57. The van der Waals surface area contributed by atoms with Gasteiger partial charge in [0.2, 0.25) is 0 Å². The summed E-state index contributed by atoms with van der Waals surface area (Å²) in [6.45, 7) is 6.89. The Morgan fingerprint density at radius 2 is 2.17 bits per heavy atom. The third-order valence-corrected chi connectivity index (χ3v) is 3.82. The first-order valence-electron chi connectivity index (χ1n) is 6.55. The molecule has 0 amide bonds. The molecule has 3 N–H and O–H groups in total. The first-order chi connectivity index (χ1) is 8.69. The standard InChI is InChI=1S/C14H21N3S/c1-2-17-8-7-11(10-17)9-16-13-5-3-12(4-6-13)14(15)18/h3-6,11,16H,2,7-10H2,1H3,(H2,15,18). The zero-order valence-electron chi connectivity index (χ0n) is 10.9. The van der Waals surface area contributed by atoms with Crippen LogP contribution < -0.4 is 11.1 Å². The van der Waals surface area contributed by atoms with Crippen molar-refractivity contribution in [2.75, 3.05) is 31.5 Å². The van der Waals surface area contributed by atoms with Crippen LogP contribution in [-0.4, -0.2) is 36.1 Å². The summed E-state index contributed by atoms with van der Waals surface area (Å²) in [5, 5.41) is 3.49. The van der Waals surface area contributed by atoms with Crippen LogP contribution in [0, 0.1) is 5.92 Å². The number of hydrogen-bond donors (Lipinski definition) is 2. The number of likely N-dealkylation sites (tertiary alicyclic amines) is 1. The highest BCUT2D eigenvalue weighted by atomic mass is 32.1. The molecule has 2 rings (SSSR count). The second kappa shape index (κ2) is 6.16. The molecule has 1 fully saturated rings. The fraction of sp³-hybridized carbons (Fsp3) is 0.500. The highest BCUT2D eigenvalue weighted by Crippen LogP contribution is 2.17. The highest BCUT2D eigenvalue weighted by Gasteiger charge is 2.20. The molecular weight excluding hydrogens is 242 g/mol. The molecule has 4 heteroatoms. The number of hydrogen-bond acceptors (Lipinski definition) is 3. The van der Waals surface area contributed by atoms with Crippen LogP contribution in [0.4, 0.5) is 5.69 Å². The summed E-state index contributed by atoms with van der Waals surface area (Å²) in [6.07, 6.45) is 1.30. The second-order valence-corrected chi connectivity index (χ2v) is 5.31. The van der Waals surface area contributed by atoms with Crippen LogP contribution in [0.1, 0.15) is 18.9 Å². The highest BCUT2D eigenvalue weighted by molar-refractivity contribution is 7.80. The third kappa shape index (κ3) is 3.43. The minimum Gasteiger partial charge on any atom is -0.389 e.